The minimum Gasteiger partial charge on any atom is -0.390 e. The number of rotatable bonds is 1. The summed E-state index contributed by atoms with van der Waals surface area (Å²) in [5, 5.41) is 12.6. The van der Waals surface area contributed by atoms with Crippen LogP contribution < -0.4 is 0 Å². The maximum absolute atomic E-state index is 10.1. The van der Waals surface area contributed by atoms with Gasteiger partial charge in [0.25, 0.3) is 0 Å². The van der Waals surface area contributed by atoms with Gasteiger partial charge in [-0.3, -0.25) is 0 Å². The molecule has 2 unspecified atom stereocenters. The van der Waals surface area contributed by atoms with E-state index in [1.54, 1.807) is 13.8 Å². The largest absolute Gasteiger partial charge is 0.390 e. The molecule has 0 amide bonds. The molecular weight excluding hydrogens is 250 g/mol. The van der Waals surface area contributed by atoms with Gasteiger partial charge in [0.1, 0.15) is 18.3 Å². The molecule has 0 radical (unpaired) electrons. The Balaban J connectivity index is 1.94. The SMILES string of the molecule is CC1(C)O[C@H]2[C@H](O)[C@@H](N=[N+]=[N-])C3OC3(Cl)[C@H]2O1. The lowest BCUT2D eigenvalue weighted by molar-refractivity contribution is -0.157. The van der Waals surface area contributed by atoms with E-state index < -0.39 is 41.3 Å². The van der Waals surface area contributed by atoms with Crippen molar-refractivity contribution in [3.05, 3.63) is 10.4 Å². The highest BCUT2D eigenvalue weighted by molar-refractivity contribution is 6.25. The van der Waals surface area contributed by atoms with Crippen LogP contribution in [0.1, 0.15) is 13.8 Å². The van der Waals surface area contributed by atoms with Gasteiger partial charge in [-0.25, -0.2) is 0 Å². The summed E-state index contributed by atoms with van der Waals surface area (Å²) in [6.07, 6.45) is -2.69. The van der Waals surface area contributed by atoms with Crippen LogP contribution in [0, 0.1) is 0 Å². The Bertz CT molecular complexity index is 413. The molecule has 0 spiro atoms. The number of fused-ring (bicyclic) bond motifs is 3. The molecular formula is C9H12ClN3O4. The van der Waals surface area contributed by atoms with Crippen molar-refractivity contribution in [1.29, 1.82) is 0 Å². The molecule has 1 N–H and O–H groups in total. The van der Waals surface area contributed by atoms with Crippen LogP contribution in [0.25, 0.3) is 10.4 Å². The topological polar surface area (TPSA) is 100.0 Å². The van der Waals surface area contributed by atoms with Gasteiger partial charge in [-0.1, -0.05) is 16.7 Å². The predicted octanol–water partition coefficient (Wildman–Crippen LogP) is 0.894. The van der Waals surface area contributed by atoms with Crippen LogP contribution in [0.4, 0.5) is 0 Å². The molecule has 1 saturated carbocycles. The highest BCUT2D eigenvalue weighted by atomic mass is 35.5. The molecule has 0 aromatic heterocycles. The minimum atomic E-state index is -1.05. The van der Waals surface area contributed by atoms with Crippen LogP contribution in [-0.4, -0.2) is 46.4 Å². The third kappa shape index (κ3) is 1.48. The van der Waals surface area contributed by atoms with Crippen molar-refractivity contribution in [2.75, 3.05) is 0 Å². The standard InChI is InChI=1S/C9H12ClN3O4/c1-8(2)15-5-4(14)3(12-13-11)6-9(10,17-6)7(5)16-8/h3-7,14H,1-2H3/t3-,4-,5+,6?,7+,9?/m1/s1. The number of nitrogens with zero attached hydrogens (tertiary/aromatic N) is 3. The Morgan fingerprint density at radius 1 is 1.29 bits per heavy atom. The van der Waals surface area contributed by atoms with Crippen LogP contribution in [0.3, 0.4) is 0 Å². The van der Waals surface area contributed by atoms with Crippen LogP contribution in [0.15, 0.2) is 5.11 Å². The van der Waals surface area contributed by atoms with Gasteiger partial charge in [-0.2, -0.15) is 0 Å². The molecule has 0 bridgehead atoms. The van der Waals surface area contributed by atoms with Gasteiger partial charge >= 0.3 is 0 Å². The lowest BCUT2D eigenvalue weighted by atomic mass is 9.88. The maximum Gasteiger partial charge on any atom is 0.197 e. The molecule has 2 saturated heterocycles. The molecule has 94 valence electrons. The van der Waals surface area contributed by atoms with Gasteiger partial charge in [0, 0.05) is 4.91 Å². The van der Waals surface area contributed by atoms with E-state index in [1.807, 2.05) is 0 Å². The van der Waals surface area contributed by atoms with Gasteiger partial charge in [0.15, 0.2) is 10.8 Å². The summed E-state index contributed by atoms with van der Waals surface area (Å²) in [6.45, 7) is 3.47. The lowest BCUT2D eigenvalue weighted by Gasteiger charge is -2.31. The Kier molecular flexibility index (Phi) is 2.21. The number of ether oxygens (including phenoxy) is 3. The van der Waals surface area contributed by atoms with Gasteiger partial charge in [0.2, 0.25) is 0 Å². The molecule has 2 aliphatic heterocycles. The molecule has 17 heavy (non-hydrogen) atoms. The van der Waals surface area contributed by atoms with E-state index in [4.69, 9.17) is 31.3 Å². The van der Waals surface area contributed by atoms with Crippen molar-refractivity contribution in [2.45, 2.75) is 55.2 Å². The zero-order chi connectivity index (χ0) is 12.4. The molecule has 2 heterocycles. The first-order valence-corrected chi connectivity index (χ1v) is 5.71. The highest BCUT2D eigenvalue weighted by Gasteiger charge is 2.75. The first-order chi connectivity index (χ1) is 7.89. The van der Waals surface area contributed by atoms with Crippen molar-refractivity contribution in [3.8, 4) is 0 Å². The van der Waals surface area contributed by atoms with E-state index >= 15 is 0 Å². The van der Waals surface area contributed by atoms with Crippen molar-refractivity contribution in [2.24, 2.45) is 5.11 Å². The number of epoxide rings is 1. The second kappa shape index (κ2) is 3.26. The number of hydrogen-bond donors (Lipinski definition) is 1. The van der Waals surface area contributed by atoms with Gasteiger partial charge in [-0.15, -0.1) is 0 Å². The normalized spacial score (nSPS) is 54.5. The zero-order valence-electron chi connectivity index (χ0n) is 9.28. The fraction of sp³-hybridized carbons (Fsp3) is 1.00. The Labute approximate surface area is 102 Å². The van der Waals surface area contributed by atoms with Gasteiger partial charge in [0.05, 0.1) is 12.1 Å². The second-order valence-corrected chi connectivity index (χ2v) is 5.53. The summed E-state index contributed by atoms with van der Waals surface area (Å²) in [6, 6.07) is -0.740. The van der Waals surface area contributed by atoms with E-state index in [0.29, 0.717) is 0 Å². The first kappa shape index (κ1) is 11.5. The Hall–Kier alpha value is -0.560. The van der Waals surface area contributed by atoms with Crippen molar-refractivity contribution >= 4 is 11.6 Å². The number of aliphatic hydroxyl groups is 1. The summed E-state index contributed by atoms with van der Waals surface area (Å²) < 4.78 is 16.6. The molecule has 7 nitrogen and oxygen atoms in total. The molecule has 3 aliphatic rings. The average Bonchev–Trinajstić information content (AvgIpc) is 2.80. The molecule has 0 aromatic carbocycles. The third-order valence-electron chi connectivity index (χ3n) is 3.34. The monoisotopic (exact) mass is 261 g/mol. The molecule has 1 aliphatic carbocycles. The summed E-state index contributed by atoms with van der Waals surface area (Å²) in [5.41, 5.74) is 8.48. The van der Waals surface area contributed by atoms with E-state index in [9.17, 15) is 5.11 Å². The molecule has 3 fully saturated rings. The van der Waals surface area contributed by atoms with Crippen molar-refractivity contribution in [1.82, 2.24) is 0 Å². The summed E-state index contributed by atoms with van der Waals surface area (Å²) >= 11 is 6.25. The second-order valence-electron chi connectivity index (χ2n) is 4.94. The minimum absolute atomic E-state index is 0.520. The van der Waals surface area contributed by atoms with Gasteiger partial charge < -0.3 is 19.3 Å². The number of halogens is 1. The molecule has 6 atom stereocenters. The Morgan fingerprint density at radius 3 is 2.65 bits per heavy atom. The predicted molar refractivity (Wildman–Crippen MR) is 56.2 cm³/mol. The summed E-state index contributed by atoms with van der Waals surface area (Å²) in [4.78, 5) is 2.70. The number of alkyl halides is 1. The molecule has 0 aromatic rings. The highest BCUT2D eigenvalue weighted by Crippen LogP contribution is 2.57. The number of hydrogen-bond acceptors (Lipinski definition) is 5. The van der Waals surface area contributed by atoms with E-state index in [0.717, 1.165) is 0 Å². The average molecular weight is 262 g/mol. The van der Waals surface area contributed by atoms with Crippen molar-refractivity contribution in [3.63, 3.8) is 0 Å². The molecule has 3 rings (SSSR count). The first-order valence-electron chi connectivity index (χ1n) is 5.34. The third-order valence-corrected chi connectivity index (χ3v) is 3.86. The summed E-state index contributed by atoms with van der Waals surface area (Å²) in [5.74, 6) is -0.833. The van der Waals surface area contributed by atoms with Crippen LogP contribution >= 0.6 is 11.6 Å². The lowest BCUT2D eigenvalue weighted by Crippen LogP contribution is -2.54. The van der Waals surface area contributed by atoms with E-state index in [1.165, 1.54) is 0 Å². The number of azide groups is 1. The van der Waals surface area contributed by atoms with Crippen LogP contribution in [0.2, 0.25) is 0 Å². The van der Waals surface area contributed by atoms with E-state index in [2.05, 4.69) is 10.0 Å². The Morgan fingerprint density at radius 2 is 2.00 bits per heavy atom. The van der Waals surface area contributed by atoms with E-state index in [-0.39, 0.29) is 0 Å². The fourth-order valence-electron chi connectivity index (χ4n) is 2.60. The van der Waals surface area contributed by atoms with Crippen molar-refractivity contribution < 1.29 is 19.3 Å². The number of aliphatic hydroxyl groups excluding tert-OH is 1. The quantitative estimate of drug-likeness (QED) is 0.249. The zero-order valence-corrected chi connectivity index (χ0v) is 10.0. The fourth-order valence-corrected chi connectivity index (χ4v) is 2.99. The van der Waals surface area contributed by atoms with Crippen LogP contribution in [-0.2, 0) is 14.2 Å². The maximum atomic E-state index is 10.1. The van der Waals surface area contributed by atoms with Crippen LogP contribution in [0.5, 0.6) is 0 Å². The smallest absolute Gasteiger partial charge is 0.197 e. The van der Waals surface area contributed by atoms with Gasteiger partial charge in [-0.05, 0) is 19.4 Å². The summed E-state index contributed by atoms with van der Waals surface area (Å²) in [7, 11) is 0. The molecule has 8 heteroatoms.